The molecule has 0 amide bonds. The normalized spacial score (nSPS) is 25.5. The molecule has 0 spiro atoms. The fourth-order valence-electron chi connectivity index (χ4n) is 4.06. The van der Waals surface area contributed by atoms with E-state index >= 15 is 0 Å². The van der Waals surface area contributed by atoms with E-state index in [0.29, 0.717) is 5.75 Å². The van der Waals surface area contributed by atoms with Crippen molar-refractivity contribution in [3.8, 4) is 5.75 Å². The SMILES string of the molecule is CC(C)OC(=O)C(C)NP(=S)(OC[C@H]1O[C@@](C)(n2cnc3c(=O)[nH]c(N)nc32)C(O)C1O)Oc1ccccc1. The summed E-state index contributed by atoms with van der Waals surface area (Å²) in [4.78, 5) is 35.2. The number of nitrogens with two attached hydrogens (primary N) is 1. The van der Waals surface area contributed by atoms with Crippen molar-refractivity contribution in [3.63, 3.8) is 0 Å². The number of aliphatic hydroxyl groups is 2. The van der Waals surface area contributed by atoms with Gasteiger partial charge in [0.1, 0.15) is 30.1 Å². The molecule has 0 radical (unpaired) electrons. The number of rotatable bonds is 10. The molecule has 6 atom stereocenters. The van der Waals surface area contributed by atoms with Crippen LogP contribution in [0.15, 0.2) is 41.5 Å². The van der Waals surface area contributed by atoms with Gasteiger partial charge in [-0.25, -0.2) is 10.1 Å². The zero-order valence-corrected chi connectivity index (χ0v) is 23.4. The molecule has 1 aliphatic heterocycles. The van der Waals surface area contributed by atoms with E-state index in [9.17, 15) is 19.8 Å². The van der Waals surface area contributed by atoms with Crippen molar-refractivity contribution in [3.05, 3.63) is 47.0 Å². The molecular weight excluding hydrogens is 551 g/mol. The third kappa shape index (κ3) is 6.14. The van der Waals surface area contributed by atoms with Gasteiger partial charge in [-0.2, -0.15) is 4.98 Å². The Morgan fingerprint density at radius 2 is 2.03 bits per heavy atom. The molecule has 0 saturated carbocycles. The number of hydrogen-bond acceptors (Lipinski definition) is 12. The molecule has 1 saturated heterocycles. The smallest absolute Gasteiger partial charge is 0.323 e. The van der Waals surface area contributed by atoms with Gasteiger partial charge in [0.15, 0.2) is 16.9 Å². The van der Waals surface area contributed by atoms with Gasteiger partial charge in [0.05, 0.1) is 19.0 Å². The highest BCUT2D eigenvalue weighted by atomic mass is 32.5. The van der Waals surface area contributed by atoms with E-state index in [1.54, 1.807) is 51.1 Å². The van der Waals surface area contributed by atoms with Gasteiger partial charge in [0.25, 0.3) is 5.56 Å². The number of imidazole rings is 1. The van der Waals surface area contributed by atoms with Gasteiger partial charge >= 0.3 is 12.6 Å². The molecule has 4 unspecified atom stereocenters. The number of aromatic nitrogens is 4. The van der Waals surface area contributed by atoms with Gasteiger partial charge in [-0.3, -0.25) is 19.1 Å². The van der Waals surface area contributed by atoms with E-state index < -0.39 is 48.2 Å². The Labute approximate surface area is 228 Å². The lowest BCUT2D eigenvalue weighted by Gasteiger charge is -2.30. The fourth-order valence-corrected chi connectivity index (χ4v) is 6.47. The Balaban J connectivity index is 1.56. The largest absolute Gasteiger partial charge is 0.462 e. The third-order valence-electron chi connectivity index (χ3n) is 5.98. The van der Waals surface area contributed by atoms with Crippen LogP contribution in [-0.2, 0) is 36.3 Å². The number of nitrogen functional groups attached to an aromatic ring is 1. The lowest BCUT2D eigenvalue weighted by molar-refractivity contribution is -0.149. The van der Waals surface area contributed by atoms with Gasteiger partial charge in [0, 0.05) is 0 Å². The van der Waals surface area contributed by atoms with Crippen molar-refractivity contribution in [2.24, 2.45) is 0 Å². The quantitative estimate of drug-likeness (QED) is 0.166. The molecule has 0 bridgehead atoms. The summed E-state index contributed by atoms with van der Waals surface area (Å²) in [5, 5.41) is 24.8. The number of benzene rings is 1. The number of H-pyrrole nitrogens is 1. The number of nitrogens with zero attached hydrogens (tertiary/aromatic N) is 3. The molecule has 3 heterocycles. The number of fused-ring (bicyclic) bond motifs is 1. The van der Waals surface area contributed by atoms with E-state index in [-0.39, 0.29) is 29.8 Å². The van der Waals surface area contributed by atoms with Crippen molar-refractivity contribution < 1.29 is 33.5 Å². The fraction of sp³-hybridized carbons (Fsp3) is 0.478. The summed E-state index contributed by atoms with van der Waals surface area (Å²) in [7, 11) is 0. The topological polar surface area (TPSA) is 196 Å². The standard InChI is InChI=1S/C23H31N6O8PS/c1-12(2)35-21(33)13(3)28-38(39,37-14-8-6-5-7-9-14)34-10-15-17(30)18(31)23(4,36-15)29-11-25-16-19(29)26-22(24)27-20(16)32/h5-9,11-13,15,17-18,30-31H,10H2,1-4H3,(H,28,39)(H3,24,26,27,32)/t13?,15-,17?,18?,23-,38?/m1/s1. The first kappa shape index (κ1) is 29.1. The molecule has 6 N–H and O–H groups in total. The Kier molecular flexibility index (Phi) is 8.42. The Hall–Kier alpha value is -2.91. The summed E-state index contributed by atoms with van der Waals surface area (Å²) < 4.78 is 24.6. The van der Waals surface area contributed by atoms with Crippen LogP contribution in [0.3, 0.4) is 0 Å². The molecule has 3 aromatic rings. The first-order chi connectivity index (χ1) is 18.3. The van der Waals surface area contributed by atoms with Crippen molar-refractivity contribution in [1.29, 1.82) is 0 Å². The maximum Gasteiger partial charge on any atom is 0.323 e. The second-order valence-corrected chi connectivity index (χ2v) is 12.6. The lowest BCUT2D eigenvalue weighted by atomic mass is 10.0. The maximum absolute atomic E-state index is 12.4. The average Bonchev–Trinajstić information content (AvgIpc) is 3.39. The number of ether oxygens (including phenoxy) is 2. The van der Waals surface area contributed by atoms with E-state index in [0.717, 1.165) is 0 Å². The third-order valence-corrected chi connectivity index (χ3v) is 8.48. The highest BCUT2D eigenvalue weighted by Crippen LogP contribution is 2.47. The summed E-state index contributed by atoms with van der Waals surface area (Å²) >= 11 is 5.70. The Morgan fingerprint density at radius 3 is 2.69 bits per heavy atom. The van der Waals surface area contributed by atoms with Gasteiger partial charge in [-0.05, 0) is 51.6 Å². The Bertz CT molecular complexity index is 1430. The first-order valence-electron chi connectivity index (χ1n) is 12.1. The number of esters is 1. The minimum absolute atomic E-state index is 0.0198. The summed E-state index contributed by atoms with van der Waals surface area (Å²) in [6, 6.07) is 7.77. The number of para-hydroxylation sites is 1. The predicted molar refractivity (Wildman–Crippen MR) is 144 cm³/mol. The molecule has 1 fully saturated rings. The first-order valence-corrected chi connectivity index (χ1v) is 14.7. The molecule has 39 heavy (non-hydrogen) atoms. The molecule has 0 aliphatic carbocycles. The minimum atomic E-state index is -3.43. The zero-order chi connectivity index (χ0) is 28.5. The van der Waals surface area contributed by atoms with Crippen LogP contribution >= 0.6 is 6.64 Å². The van der Waals surface area contributed by atoms with E-state index in [2.05, 4.69) is 20.0 Å². The van der Waals surface area contributed by atoms with Gasteiger partial charge in [-0.15, -0.1) is 0 Å². The number of nitrogens with one attached hydrogen (secondary N) is 2. The second-order valence-electron chi connectivity index (χ2n) is 9.42. The lowest BCUT2D eigenvalue weighted by Crippen LogP contribution is -2.43. The number of hydrogen-bond donors (Lipinski definition) is 5. The van der Waals surface area contributed by atoms with Crippen LogP contribution in [0.2, 0.25) is 0 Å². The van der Waals surface area contributed by atoms with Crippen LogP contribution in [0, 0.1) is 0 Å². The zero-order valence-electron chi connectivity index (χ0n) is 21.7. The Morgan fingerprint density at radius 1 is 1.33 bits per heavy atom. The molecule has 1 aliphatic rings. The van der Waals surface area contributed by atoms with Crippen molar-refractivity contribution >= 4 is 41.5 Å². The number of aromatic amines is 1. The van der Waals surface area contributed by atoms with Crippen molar-refractivity contribution in [2.75, 3.05) is 12.3 Å². The van der Waals surface area contributed by atoms with E-state index in [1.165, 1.54) is 17.8 Å². The van der Waals surface area contributed by atoms with Gasteiger partial charge in [0.2, 0.25) is 5.95 Å². The van der Waals surface area contributed by atoms with E-state index in [1.807, 2.05) is 0 Å². The number of aliphatic hydroxyl groups excluding tert-OH is 2. The molecule has 2 aromatic heterocycles. The van der Waals surface area contributed by atoms with Gasteiger partial charge < -0.3 is 34.5 Å². The maximum atomic E-state index is 12.4. The number of carbonyl (C=O) groups is 1. The van der Waals surface area contributed by atoms with E-state index in [4.69, 9.17) is 36.1 Å². The monoisotopic (exact) mass is 582 g/mol. The molecule has 14 nitrogen and oxygen atoms in total. The highest BCUT2D eigenvalue weighted by Gasteiger charge is 2.53. The molecule has 16 heteroatoms. The second kappa shape index (κ2) is 11.3. The van der Waals surface area contributed by atoms with Crippen LogP contribution in [-0.4, -0.2) is 72.8 Å². The predicted octanol–water partition coefficient (Wildman–Crippen LogP) is 0.745. The molecule has 212 valence electrons. The van der Waals surface area contributed by atoms with Crippen LogP contribution in [0.25, 0.3) is 11.2 Å². The number of carbonyl (C=O) groups excluding carboxylic acids is 1. The van der Waals surface area contributed by atoms with Crippen LogP contribution in [0.1, 0.15) is 27.7 Å². The molecular formula is C23H31N6O8PS. The van der Waals surface area contributed by atoms with Crippen LogP contribution in [0.5, 0.6) is 5.75 Å². The van der Waals surface area contributed by atoms with Gasteiger partial charge in [-0.1, -0.05) is 18.2 Å². The van der Waals surface area contributed by atoms with Crippen LogP contribution < -0.4 is 20.9 Å². The summed E-state index contributed by atoms with van der Waals surface area (Å²) in [6.45, 7) is 2.76. The summed E-state index contributed by atoms with van der Waals surface area (Å²) in [6.07, 6.45) is -3.08. The summed E-state index contributed by atoms with van der Waals surface area (Å²) in [5.74, 6) is -0.302. The number of anilines is 1. The average molecular weight is 583 g/mol. The molecule has 4 rings (SSSR count). The van der Waals surface area contributed by atoms with Crippen molar-refractivity contribution in [2.45, 2.75) is 63.9 Å². The summed E-state index contributed by atoms with van der Waals surface area (Å²) in [5.41, 5.74) is 3.56. The van der Waals surface area contributed by atoms with Crippen molar-refractivity contribution in [1.82, 2.24) is 24.6 Å². The highest BCUT2D eigenvalue weighted by molar-refractivity contribution is 8.09. The molecule has 1 aromatic carbocycles. The van der Waals surface area contributed by atoms with Crippen LogP contribution in [0.4, 0.5) is 5.95 Å². The minimum Gasteiger partial charge on any atom is -0.462 e.